The quantitative estimate of drug-likeness (QED) is 0.509. The van der Waals surface area contributed by atoms with Crippen LogP contribution in [0.2, 0.25) is 5.02 Å². The zero-order valence-electron chi connectivity index (χ0n) is 15.4. The van der Waals surface area contributed by atoms with Crippen LogP contribution in [-0.2, 0) is 17.9 Å². The van der Waals surface area contributed by atoms with Gasteiger partial charge in [-0.15, -0.1) is 0 Å². The first-order chi connectivity index (χ1) is 14.1. The van der Waals surface area contributed by atoms with Crippen molar-refractivity contribution in [3.8, 4) is 0 Å². The third-order valence-electron chi connectivity index (χ3n) is 4.53. The fourth-order valence-electron chi connectivity index (χ4n) is 3.10. The van der Waals surface area contributed by atoms with Gasteiger partial charge in [0.15, 0.2) is 0 Å². The van der Waals surface area contributed by atoms with Crippen molar-refractivity contribution < 1.29 is 4.79 Å². The van der Waals surface area contributed by atoms with Gasteiger partial charge in [-0.05, 0) is 48.5 Å². The van der Waals surface area contributed by atoms with E-state index in [1.165, 1.54) is 10.8 Å². The van der Waals surface area contributed by atoms with E-state index in [4.69, 9.17) is 11.6 Å². The summed E-state index contributed by atoms with van der Waals surface area (Å²) < 4.78 is 1.44. The van der Waals surface area contributed by atoms with Crippen LogP contribution in [0.3, 0.4) is 0 Å². The van der Waals surface area contributed by atoms with E-state index in [1.807, 2.05) is 30.3 Å². The number of para-hydroxylation sites is 2. The van der Waals surface area contributed by atoms with Gasteiger partial charge in [0.1, 0.15) is 6.54 Å². The predicted molar refractivity (Wildman–Crippen MR) is 113 cm³/mol. The van der Waals surface area contributed by atoms with Gasteiger partial charge in [0.05, 0.1) is 29.5 Å². The standard InChI is InChI=1S/C22H17ClN4O2/c23-16-8-10-18(11-9-16)26(14-17-5-3-4-12-24-17)22(29)15-27-20-7-2-1-6-19(20)25-13-21(27)28/h1-13H,14-15H2. The second-order valence-electron chi connectivity index (χ2n) is 6.45. The number of nitrogens with zero attached hydrogens (tertiary/aromatic N) is 4. The summed E-state index contributed by atoms with van der Waals surface area (Å²) in [5.74, 6) is -0.239. The molecule has 6 nitrogen and oxygen atoms in total. The van der Waals surface area contributed by atoms with Gasteiger partial charge in [-0.2, -0.15) is 0 Å². The SMILES string of the molecule is O=C(Cn1c(=O)cnc2ccccc21)N(Cc1ccccn1)c1ccc(Cl)cc1. The molecule has 0 unspecified atom stereocenters. The molecule has 0 aliphatic rings. The highest BCUT2D eigenvalue weighted by atomic mass is 35.5. The Morgan fingerprint density at radius 2 is 1.72 bits per heavy atom. The van der Waals surface area contributed by atoms with E-state index < -0.39 is 0 Å². The van der Waals surface area contributed by atoms with Crippen LogP contribution in [0.5, 0.6) is 0 Å². The van der Waals surface area contributed by atoms with Crippen molar-refractivity contribution in [3.63, 3.8) is 0 Å². The zero-order chi connectivity index (χ0) is 20.2. The summed E-state index contributed by atoms with van der Waals surface area (Å²) in [4.78, 5) is 35.8. The van der Waals surface area contributed by atoms with Crippen LogP contribution < -0.4 is 10.5 Å². The molecule has 4 rings (SSSR count). The van der Waals surface area contributed by atoms with Crippen molar-refractivity contribution in [1.29, 1.82) is 0 Å². The highest BCUT2D eigenvalue weighted by molar-refractivity contribution is 6.30. The summed E-state index contributed by atoms with van der Waals surface area (Å²) in [6, 6.07) is 19.8. The number of amides is 1. The lowest BCUT2D eigenvalue weighted by molar-refractivity contribution is -0.119. The minimum atomic E-state index is -0.328. The van der Waals surface area contributed by atoms with Crippen LogP contribution in [0.15, 0.2) is 83.9 Å². The third kappa shape index (κ3) is 4.17. The molecule has 1 amide bonds. The molecular weight excluding hydrogens is 388 g/mol. The van der Waals surface area contributed by atoms with Gasteiger partial charge in [0.2, 0.25) is 5.91 Å². The Hall–Kier alpha value is -3.51. The van der Waals surface area contributed by atoms with Gasteiger partial charge in [0, 0.05) is 16.9 Å². The van der Waals surface area contributed by atoms with Crippen LogP contribution in [0, 0.1) is 0 Å². The maximum Gasteiger partial charge on any atom is 0.269 e. The maximum atomic E-state index is 13.3. The molecule has 0 aliphatic carbocycles. The molecule has 2 aromatic heterocycles. The maximum absolute atomic E-state index is 13.3. The van der Waals surface area contributed by atoms with Gasteiger partial charge in [0.25, 0.3) is 5.56 Å². The van der Waals surface area contributed by atoms with Gasteiger partial charge >= 0.3 is 0 Å². The van der Waals surface area contributed by atoms with Crippen LogP contribution in [0.4, 0.5) is 5.69 Å². The first-order valence-electron chi connectivity index (χ1n) is 9.02. The normalized spacial score (nSPS) is 10.8. The van der Waals surface area contributed by atoms with Gasteiger partial charge in [-0.25, -0.2) is 4.98 Å². The molecule has 2 heterocycles. The topological polar surface area (TPSA) is 68.1 Å². The molecule has 0 spiro atoms. The highest BCUT2D eigenvalue weighted by Crippen LogP contribution is 2.21. The first-order valence-corrected chi connectivity index (χ1v) is 9.40. The summed E-state index contributed by atoms with van der Waals surface area (Å²) in [6.07, 6.45) is 2.92. The molecule has 2 aromatic carbocycles. The summed E-state index contributed by atoms with van der Waals surface area (Å²) in [5, 5.41) is 0.579. The van der Waals surface area contributed by atoms with E-state index in [9.17, 15) is 9.59 Å². The van der Waals surface area contributed by atoms with Gasteiger partial charge in [-0.3, -0.25) is 19.1 Å². The molecule has 0 aliphatic heterocycles. The first kappa shape index (κ1) is 18.8. The molecule has 0 radical (unpaired) electrons. The van der Waals surface area contributed by atoms with Crippen LogP contribution in [0.1, 0.15) is 5.69 Å². The Bertz CT molecular complexity index is 1210. The van der Waals surface area contributed by atoms with E-state index in [0.717, 1.165) is 5.69 Å². The Morgan fingerprint density at radius 3 is 2.48 bits per heavy atom. The van der Waals surface area contributed by atoms with Crippen molar-refractivity contribution in [2.75, 3.05) is 4.90 Å². The van der Waals surface area contributed by atoms with Crippen molar-refractivity contribution in [1.82, 2.24) is 14.5 Å². The highest BCUT2D eigenvalue weighted by Gasteiger charge is 2.19. The smallest absolute Gasteiger partial charge is 0.269 e. The van der Waals surface area contributed by atoms with E-state index in [1.54, 1.807) is 47.5 Å². The van der Waals surface area contributed by atoms with Crippen molar-refractivity contribution in [2.24, 2.45) is 0 Å². The predicted octanol–water partition coefficient (Wildman–Crippen LogP) is 3.68. The van der Waals surface area contributed by atoms with Crippen molar-refractivity contribution in [3.05, 3.63) is 100 Å². The van der Waals surface area contributed by atoms with Crippen molar-refractivity contribution >= 4 is 34.2 Å². The molecule has 4 aromatic rings. The number of rotatable bonds is 5. The summed E-state index contributed by atoms with van der Waals surface area (Å²) in [5.41, 5.74) is 2.36. The largest absolute Gasteiger partial charge is 0.305 e. The van der Waals surface area contributed by atoms with E-state index >= 15 is 0 Å². The second-order valence-corrected chi connectivity index (χ2v) is 6.89. The number of carbonyl (C=O) groups is 1. The summed E-state index contributed by atoms with van der Waals surface area (Å²) in [6.45, 7) is 0.163. The number of aromatic nitrogens is 3. The Balaban J connectivity index is 1.71. The number of hydrogen-bond acceptors (Lipinski definition) is 4. The van der Waals surface area contributed by atoms with Crippen LogP contribution in [-0.4, -0.2) is 20.4 Å². The Morgan fingerprint density at radius 1 is 0.966 bits per heavy atom. The molecular formula is C22H17ClN4O2. The molecule has 0 N–H and O–H groups in total. The summed E-state index contributed by atoms with van der Waals surface area (Å²) in [7, 11) is 0. The summed E-state index contributed by atoms with van der Waals surface area (Å²) >= 11 is 6.00. The zero-order valence-corrected chi connectivity index (χ0v) is 16.2. The minimum Gasteiger partial charge on any atom is -0.305 e. The average molecular weight is 405 g/mol. The minimum absolute atomic E-state index is 0.114. The number of carbonyl (C=O) groups excluding carboxylic acids is 1. The molecule has 29 heavy (non-hydrogen) atoms. The molecule has 0 atom stereocenters. The monoisotopic (exact) mass is 404 g/mol. The average Bonchev–Trinajstić information content (AvgIpc) is 2.75. The van der Waals surface area contributed by atoms with Crippen LogP contribution >= 0.6 is 11.6 Å². The van der Waals surface area contributed by atoms with Gasteiger partial charge in [-0.1, -0.05) is 29.8 Å². The molecule has 0 fully saturated rings. The lowest BCUT2D eigenvalue weighted by Crippen LogP contribution is -2.36. The number of hydrogen-bond donors (Lipinski definition) is 0. The number of anilines is 1. The van der Waals surface area contributed by atoms with Crippen LogP contribution in [0.25, 0.3) is 11.0 Å². The lowest BCUT2D eigenvalue weighted by Gasteiger charge is -2.23. The fourth-order valence-corrected chi connectivity index (χ4v) is 3.22. The van der Waals surface area contributed by atoms with E-state index in [0.29, 0.717) is 21.7 Å². The number of halogens is 1. The van der Waals surface area contributed by atoms with E-state index in [2.05, 4.69) is 9.97 Å². The van der Waals surface area contributed by atoms with E-state index in [-0.39, 0.29) is 24.6 Å². The molecule has 0 bridgehead atoms. The van der Waals surface area contributed by atoms with Crippen molar-refractivity contribution in [2.45, 2.75) is 13.1 Å². The second kappa shape index (κ2) is 8.24. The third-order valence-corrected chi connectivity index (χ3v) is 4.78. The number of fused-ring (bicyclic) bond motifs is 1. The Kier molecular flexibility index (Phi) is 5.35. The molecule has 0 saturated heterocycles. The Labute approximate surface area is 172 Å². The van der Waals surface area contributed by atoms with Gasteiger partial charge < -0.3 is 4.90 Å². The molecule has 144 valence electrons. The fraction of sp³-hybridized carbons (Fsp3) is 0.0909. The number of benzene rings is 2. The lowest BCUT2D eigenvalue weighted by atomic mass is 10.2. The molecule has 7 heteroatoms. The molecule has 0 saturated carbocycles. The number of pyridine rings is 1.